The van der Waals surface area contributed by atoms with Gasteiger partial charge in [-0.25, -0.2) is 0 Å². The number of hydrogen-bond donors (Lipinski definition) is 0. The molecule has 0 atom stereocenters. The molecule has 3 nitrogen and oxygen atoms in total. The molecule has 0 saturated carbocycles. The zero-order valence-corrected chi connectivity index (χ0v) is 11.2. The molecule has 1 rings (SSSR count). The van der Waals surface area contributed by atoms with E-state index in [9.17, 15) is 0 Å². The molecular formula is C12H16Cl2O3. The Morgan fingerprint density at radius 2 is 1.53 bits per heavy atom. The van der Waals surface area contributed by atoms with Crippen LogP contribution in [0.25, 0.3) is 0 Å². The second-order valence-electron chi connectivity index (χ2n) is 3.22. The van der Waals surface area contributed by atoms with Gasteiger partial charge in [-0.3, -0.25) is 0 Å². The van der Waals surface area contributed by atoms with Crippen LogP contribution >= 0.6 is 23.2 Å². The van der Waals surface area contributed by atoms with E-state index in [1.807, 2.05) is 24.3 Å². The number of rotatable bonds is 8. The van der Waals surface area contributed by atoms with Gasteiger partial charge in [-0.15, -0.1) is 23.2 Å². The lowest BCUT2D eigenvalue weighted by molar-refractivity contribution is -0.139. The van der Waals surface area contributed by atoms with Crippen LogP contribution in [0, 0.1) is 0 Å². The van der Waals surface area contributed by atoms with Gasteiger partial charge in [0.15, 0.2) is 6.29 Å². The topological polar surface area (TPSA) is 27.7 Å². The summed E-state index contributed by atoms with van der Waals surface area (Å²) in [5.41, 5.74) is 0.918. The zero-order valence-electron chi connectivity index (χ0n) is 9.70. The summed E-state index contributed by atoms with van der Waals surface area (Å²) in [6.07, 6.45) is -0.432. The molecule has 0 saturated heterocycles. The lowest BCUT2D eigenvalue weighted by Gasteiger charge is -2.18. The van der Waals surface area contributed by atoms with Crippen LogP contribution in [0.4, 0.5) is 0 Å². The summed E-state index contributed by atoms with van der Waals surface area (Å²) in [6.45, 7) is 0.862. The Morgan fingerprint density at radius 3 is 1.94 bits per heavy atom. The Balaban J connectivity index is 2.65. The Labute approximate surface area is 112 Å². The van der Waals surface area contributed by atoms with Crippen molar-refractivity contribution in [1.29, 1.82) is 0 Å². The summed E-state index contributed by atoms with van der Waals surface area (Å²) in [4.78, 5) is 0. The predicted molar refractivity (Wildman–Crippen MR) is 69.1 cm³/mol. The van der Waals surface area contributed by atoms with Crippen molar-refractivity contribution in [1.82, 2.24) is 0 Å². The summed E-state index contributed by atoms with van der Waals surface area (Å²) in [7, 11) is 1.63. The average molecular weight is 279 g/mol. The summed E-state index contributed by atoms with van der Waals surface area (Å²) in [6, 6.07) is 7.50. The Kier molecular flexibility index (Phi) is 7.37. The Bertz CT molecular complexity index is 295. The molecule has 0 bridgehead atoms. The van der Waals surface area contributed by atoms with Gasteiger partial charge in [0.2, 0.25) is 0 Å². The van der Waals surface area contributed by atoms with Crippen molar-refractivity contribution in [3.05, 3.63) is 29.8 Å². The van der Waals surface area contributed by atoms with Gasteiger partial charge in [-0.2, -0.15) is 0 Å². The van der Waals surface area contributed by atoms with Crippen molar-refractivity contribution >= 4 is 23.2 Å². The minimum absolute atomic E-state index is 0.427. The van der Waals surface area contributed by atoms with Crippen molar-refractivity contribution in [3.63, 3.8) is 0 Å². The first-order chi connectivity index (χ1) is 8.31. The monoisotopic (exact) mass is 278 g/mol. The van der Waals surface area contributed by atoms with Crippen LogP contribution in [0.2, 0.25) is 0 Å². The van der Waals surface area contributed by atoms with Crippen molar-refractivity contribution in [3.8, 4) is 5.75 Å². The maximum atomic E-state index is 5.59. The predicted octanol–water partition coefficient (Wildman–Crippen LogP) is 3.20. The fraction of sp³-hybridized carbons (Fsp3) is 0.500. The average Bonchev–Trinajstić information content (AvgIpc) is 2.39. The molecule has 1 aromatic rings. The van der Waals surface area contributed by atoms with E-state index in [0.717, 1.165) is 11.3 Å². The Morgan fingerprint density at radius 1 is 1.00 bits per heavy atom. The fourth-order valence-corrected chi connectivity index (χ4v) is 1.48. The lowest BCUT2D eigenvalue weighted by Crippen LogP contribution is -2.12. The third-order valence-corrected chi connectivity index (χ3v) is 2.39. The molecule has 0 radical (unpaired) electrons. The number of hydrogen-bond acceptors (Lipinski definition) is 3. The van der Waals surface area contributed by atoms with Crippen LogP contribution in [0.5, 0.6) is 5.75 Å². The molecule has 0 unspecified atom stereocenters. The molecule has 17 heavy (non-hydrogen) atoms. The fourth-order valence-electron chi connectivity index (χ4n) is 1.30. The first kappa shape index (κ1) is 14.6. The van der Waals surface area contributed by atoms with E-state index in [4.69, 9.17) is 37.4 Å². The third kappa shape index (κ3) is 5.13. The molecule has 1 aromatic carbocycles. The molecule has 0 fully saturated rings. The lowest BCUT2D eigenvalue weighted by atomic mass is 10.2. The SMILES string of the molecule is COc1ccc(C(OCCCl)OCCCl)cc1. The molecule has 0 N–H and O–H groups in total. The van der Waals surface area contributed by atoms with Crippen LogP contribution in [0.3, 0.4) is 0 Å². The molecule has 5 heteroatoms. The van der Waals surface area contributed by atoms with Crippen LogP contribution in [0.1, 0.15) is 11.9 Å². The maximum absolute atomic E-state index is 5.59. The van der Waals surface area contributed by atoms with Gasteiger partial charge in [0, 0.05) is 17.3 Å². The van der Waals surface area contributed by atoms with Crippen LogP contribution < -0.4 is 4.74 Å². The molecular weight excluding hydrogens is 263 g/mol. The normalized spacial score (nSPS) is 10.8. The summed E-state index contributed by atoms with van der Waals surface area (Å²) < 4.78 is 16.1. The number of halogens is 2. The first-order valence-corrected chi connectivity index (χ1v) is 6.37. The zero-order chi connectivity index (χ0) is 12.5. The largest absolute Gasteiger partial charge is 0.497 e. The highest BCUT2D eigenvalue weighted by molar-refractivity contribution is 6.18. The van der Waals surface area contributed by atoms with Crippen molar-refractivity contribution < 1.29 is 14.2 Å². The number of ether oxygens (including phenoxy) is 3. The van der Waals surface area contributed by atoms with E-state index in [2.05, 4.69) is 0 Å². The van der Waals surface area contributed by atoms with E-state index in [0.29, 0.717) is 25.0 Å². The van der Waals surface area contributed by atoms with Crippen molar-refractivity contribution in [2.45, 2.75) is 6.29 Å². The molecule has 0 aliphatic rings. The quantitative estimate of drug-likeness (QED) is 0.540. The molecule has 96 valence electrons. The van der Waals surface area contributed by atoms with Gasteiger partial charge in [-0.05, 0) is 12.1 Å². The first-order valence-electron chi connectivity index (χ1n) is 5.31. The van der Waals surface area contributed by atoms with Gasteiger partial charge >= 0.3 is 0 Å². The summed E-state index contributed by atoms with van der Waals surface area (Å²) >= 11 is 11.2. The summed E-state index contributed by atoms with van der Waals surface area (Å²) in [5.74, 6) is 1.65. The van der Waals surface area contributed by atoms with Gasteiger partial charge in [0.05, 0.1) is 20.3 Å². The minimum Gasteiger partial charge on any atom is -0.497 e. The standard InChI is InChI=1S/C12H16Cl2O3/c1-15-11-4-2-10(3-5-11)12(16-8-6-13)17-9-7-14/h2-5,12H,6-9H2,1H3. The molecule has 0 amide bonds. The van der Waals surface area contributed by atoms with Crippen LogP contribution in [-0.2, 0) is 9.47 Å². The second-order valence-corrected chi connectivity index (χ2v) is 3.98. The number of alkyl halides is 2. The van der Waals surface area contributed by atoms with Gasteiger partial charge in [-0.1, -0.05) is 12.1 Å². The molecule has 0 aromatic heterocycles. The highest BCUT2D eigenvalue weighted by Crippen LogP contribution is 2.21. The smallest absolute Gasteiger partial charge is 0.183 e. The second kappa shape index (κ2) is 8.59. The van der Waals surface area contributed by atoms with E-state index in [1.54, 1.807) is 7.11 Å². The molecule has 0 aliphatic heterocycles. The van der Waals surface area contributed by atoms with Gasteiger partial charge < -0.3 is 14.2 Å². The van der Waals surface area contributed by atoms with E-state index < -0.39 is 6.29 Å². The van der Waals surface area contributed by atoms with E-state index in [1.165, 1.54) is 0 Å². The highest BCUT2D eigenvalue weighted by Gasteiger charge is 2.12. The molecule has 0 heterocycles. The van der Waals surface area contributed by atoms with Gasteiger partial charge in [0.25, 0.3) is 0 Å². The van der Waals surface area contributed by atoms with Gasteiger partial charge in [0.1, 0.15) is 5.75 Å². The number of methoxy groups -OCH3 is 1. The van der Waals surface area contributed by atoms with E-state index in [-0.39, 0.29) is 0 Å². The Hall–Kier alpha value is -0.480. The molecule has 0 aliphatic carbocycles. The van der Waals surface area contributed by atoms with E-state index >= 15 is 0 Å². The number of benzene rings is 1. The summed E-state index contributed by atoms with van der Waals surface area (Å²) in [5, 5.41) is 0. The minimum atomic E-state index is -0.432. The third-order valence-electron chi connectivity index (χ3n) is 2.08. The van der Waals surface area contributed by atoms with Crippen molar-refractivity contribution in [2.75, 3.05) is 32.1 Å². The highest BCUT2D eigenvalue weighted by atomic mass is 35.5. The van der Waals surface area contributed by atoms with Crippen molar-refractivity contribution in [2.24, 2.45) is 0 Å². The van der Waals surface area contributed by atoms with Crippen LogP contribution in [0.15, 0.2) is 24.3 Å². The molecule has 0 spiro atoms. The van der Waals surface area contributed by atoms with Crippen LogP contribution in [-0.4, -0.2) is 32.1 Å². The maximum Gasteiger partial charge on any atom is 0.183 e.